The molecule has 0 radical (unpaired) electrons. The van der Waals surface area contributed by atoms with Gasteiger partial charge >= 0.3 is 0 Å². The highest BCUT2D eigenvalue weighted by Crippen LogP contribution is 2.20. The van der Waals surface area contributed by atoms with Crippen LogP contribution >= 0.6 is 0 Å². The molecular formula is C12H26N2. The Morgan fingerprint density at radius 2 is 2.14 bits per heavy atom. The molecule has 1 aliphatic rings. The van der Waals surface area contributed by atoms with Crippen molar-refractivity contribution in [1.82, 2.24) is 10.2 Å². The predicted molar refractivity (Wildman–Crippen MR) is 62.6 cm³/mol. The number of nitrogens with zero attached hydrogens (tertiary/aromatic N) is 1. The monoisotopic (exact) mass is 198 g/mol. The highest BCUT2D eigenvalue weighted by atomic mass is 15.2. The first-order valence-electron chi connectivity index (χ1n) is 5.99. The topological polar surface area (TPSA) is 15.3 Å². The summed E-state index contributed by atoms with van der Waals surface area (Å²) in [7, 11) is 0. The second kappa shape index (κ2) is 4.63. The maximum atomic E-state index is 3.68. The zero-order valence-corrected chi connectivity index (χ0v) is 10.4. The van der Waals surface area contributed by atoms with Crippen LogP contribution in [0.1, 0.15) is 47.5 Å². The summed E-state index contributed by atoms with van der Waals surface area (Å²) < 4.78 is 0. The Morgan fingerprint density at radius 3 is 2.64 bits per heavy atom. The minimum Gasteiger partial charge on any atom is -0.310 e. The van der Waals surface area contributed by atoms with Crippen molar-refractivity contribution in [2.75, 3.05) is 13.1 Å². The summed E-state index contributed by atoms with van der Waals surface area (Å²) in [4.78, 5) is 2.63. The van der Waals surface area contributed by atoms with Crippen LogP contribution in [-0.2, 0) is 0 Å². The van der Waals surface area contributed by atoms with E-state index in [4.69, 9.17) is 0 Å². The molecule has 1 N–H and O–H groups in total. The fourth-order valence-corrected chi connectivity index (χ4v) is 2.29. The van der Waals surface area contributed by atoms with Gasteiger partial charge in [0.05, 0.1) is 0 Å². The molecule has 0 spiro atoms. The van der Waals surface area contributed by atoms with Crippen molar-refractivity contribution < 1.29 is 0 Å². The lowest BCUT2D eigenvalue weighted by Gasteiger charge is -2.37. The van der Waals surface area contributed by atoms with Crippen LogP contribution < -0.4 is 5.32 Å². The van der Waals surface area contributed by atoms with E-state index in [9.17, 15) is 0 Å². The third-order valence-electron chi connectivity index (χ3n) is 3.66. The molecular weight excluding hydrogens is 172 g/mol. The molecule has 1 fully saturated rings. The molecule has 2 nitrogen and oxygen atoms in total. The zero-order chi connectivity index (χ0) is 10.8. The number of nitrogens with one attached hydrogen (secondary N) is 1. The van der Waals surface area contributed by atoms with E-state index in [1.807, 2.05) is 0 Å². The molecule has 0 aliphatic carbocycles. The van der Waals surface area contributed by atoms with Gasteiger partial charge in [0.1, 0.15) is 0 Å². The van der Waals surface area contributed by atoms with E-state index in [0.29, 0.717) is 11.6 Å². The largest absolute Gasteiger partial charge is 0.310 e. The summed E-state index contributed by atoms with van der Waals surface area (Å²) in [6, 6.07) is 1.38. The molecule has 1 saturated heterocycles. The van der Waals surface area contributed by atoms with Crippen LogP contribution in [0, 0.1) is 0 Å². The van der Waals surface area contributed by atoms with Gasteiger partial charge in [-0.05, 0) is 47.1 Å². The highest BCUT2D eigenvalue weighted by Gasteiger charge is 2.31. The van der Waals surface area contributed by atoms with Gasteiger partial charge in [-0.1, -0.05) is 6.92 Å². The number of rotatable bonds is 2. The van der Waals surface area contributed by atoms with Crippen molar-refractivity contribution >= 4 is 0 Å². The van der Waals surface area contributed by atoms with Gasteiger partial charge in [0, 0.05) is 24.2 Å². The Hall–Kier alpha value is -0.0800. The fraction of sp³-hybridized carbons (Fsp3) is 1.00. The maximum Gasteiger partial charge on any atom is 0.0278 e. The van der Waals surface area contributed by atoms with Crippen LogP contribution in [0.2, 0.25) is 0 Å². The summed E-state index contributed by atoms with van der Waals surface area (Å²) in [6.45, 7) is 13.9. The normalized spacial score (nSPS) is 36.0. The molecule has 2 atom stereocenters. The Morgan fingerprint density at radius 1 is 1.50 bits per heavy atom. The number of hydrogen-bond donors (Lipinski definition) is 1. The van der Waals surface area contributed by atoms with Gasteiger partial charge in [-0.25, -0.2) is 0 Å². The van der Waals surface area contributed by atoms with Crippen LogP contribution in [0.3, 0.4) is 0 Å². The first kappa shape index (κ1) is 12.0. The molecule has 2 heteroatoms. The predicted octanol–water partition coefficient (Wildman–Crippen LogP) is 2.25. The lowest BCUT2D eigenvalue weighted by molar-refractivity contribution is 0.134. The summed E-state index contributed by atoms with van der Waals surface area (Å²) in [5.41, 5.74) is 0.315. The van der Waals surface area contributed by atoms with Crippen LogP contribution in [0.4, 0.5) is 0 Å². The minimum atomic E-state index is 0.315. The summed E-state index contributed by atoms with van der Waals surface area (Å²) in [5.74, 6) is 0. The second-order valence-corrected chi connectivity index (χ2v) is 5.24. The van der Waals surface area contributed by atoms with Gasteiger partial charge in [0.2, 0.25) is 0 Å². The van der Waals surface area contributed by atoms with E-state index >= 15 is 0 Å². The standard InChI is InChI=1S/C12H26N2/c1-6-12(5)9-14(10(2)3)11(4)7-8-13-12/h10-11,13H,6-9H2,1-5H3. The van der Waals surface area contributed by atoms with Crippen molar-refractivity contribution in [2.24, 2.45) is 0 Å². The quantitative estimate of drug-likeness (QED) is 0.732. The summed E-state index contributed by atoms with van der Waals surface area (Å²) >= 11 is 0. The van der Waals surface area contributed by atoms with Crippen molar-refractivity contribution in [1.29, 1.82) is 0 Å². The third-order valence-corrected chi connectivity index (χ3v) is 3.66. The molecule has 0 aromatic heterocycles. The van der Waals surface area contributed by atoms with Crippen molar-refractivity contribution in [3.63, 3.8) is 0 Å². The zero-order valence-electron chi connectivity index (χ0n) is 10.4. The third kappa shape index (κ3) is 2.71. The molecule has 0 amide bonds. The van der Waals surface area contributed by atoms with Crippen LogP contribution in [0.15, 0.2) is 0 Å². The van der Waals surface area contributed by atoms with Gasteiger partial charge < -0.3 is 5.32 Å². The molecule has 84 valence electrons. The van der Waals surface area contributed by atoms with Gasteiger partial charge in [-0.15, -0.1) is 0 Å². The van der Waals surface area contributed by atoms with Crippen LogP contribution in [0.5, 0.6) is 0 Å². The van der Waals surface area contributed by atoms with E-state index in [-0.39, 0.29) is 0 Å². The molecule has 0 bridgehead atoms. The number of hydrogen-bond acceptors (Lipinski definition) is 2. The molecule has 1 rings (SSSR count). The van der Waals surface area contributed by atoms with Crippen molar-refractivity contribution in [2.45, 2.75) is 65.1 Å². The summed E-state index contributed by atoms with van der Waals surface area (Å²) in [5, 5.41) is 3.68. The molecule has 0 aromatic rings. The van der Waals surface area contributed by atoms with E-state index in [0.717, 1.165) is 12.6 Å². The van der Waals surface area contributed by atoms with Gasteiger partial charge in [0.15, 0.2) is 0 Å². The van der Waals surface area contributed by atoms with Crippen molar-refractivity contribution in [3.8, 4) is 0 Å². The molecule has 0 aromatic carbocycles. The van der Waals surface area contributed by atoms with E-state index in [1.54, 1.807) is 0 Å². The lowest BCUT2D eigenvalue weighted by Crippen LogP contribution is -2.51. The average molecular weight is 198 g/mol. The van der Waals surface area contributed by atoms with Gasteiger partial charge in [0.25, 0.3) is 0 Å². The van der Waals surface area contributed by atoms with E-state index in [1.165, 1.54) is 19.4 Å². The Labute approximate surface area is 89.1 Å². The molecule has 1 heterocycles. The van der Waals surface area contributed by atoms with Crippen LogP contribution in [0.25, 0.3) is 0 Å². The van der Waals surface area contributed by atoms with Gasteiger partial charge in [-0.2, -0.15) is 0 Å². The van der Waals surface area contributed by atoms with E-state index in [2.05, 4.69) is 44.8 Å². The highest BCUT2D eigenvalue weighted by molar-refractivity contribution is 4.91. The molecule has 1 aliphatic heterocycles. The minimum absolute atomic E-state index is 0.315. The SMILES string of the molecule is CCC1(C)CN(C(C)C)C(C)CCN1. The maximum absolute atomic E-state index is 3.68. The van der Waals surface area contributed by atoms with E-state index < -0.39 is 0 Å². The molecule has 14 heavy (non-hydrogen) atoms. The first-order valence-corrected chi connectivity index (χ1v) is 5.99. The first-order chi connectivity index (χ1) is 6.48. The van der Waals surface area contributed by atoms with Gasteiger partial charge in [-0.3, -0.25) is 4.90 Å². The average Bonchev–Trinajstić information content (AvgIpc) is 2.27. The Balaban J connectivity index is 2.72. The van der Waals surface area contributed by atoms with Crippen LogP contribution in [-0.4, -0.2) is 35.6 Å². The Bertz CT molecular complexity index is 179. The summed E-state index contributed by atoms with van der Waals surface area (Å²) in [6.07, 6.45) is 2.48. The van der Waals surface area contributed by atoms with Crippen molar-refractivity contribution in [3.05, 3.63) is 0 Å². The fourth-order valence-electron chi connectivity index (χ4n) is 2.29. The lowest BCUT2D eigenvalue weighted by atomic mass is 9.98. The Kier molecular flexibility index (Phi) is 3.96. The smallest absolute Gasteiger partial charge is 0.0278 e. The molecule has 0 saturated carbocycles. The second-order valence-electron chi connectivity index (χ2n) is 5.24. The molecule has 2 unspecified atom stereocenters.